The van der Waals surface area contributed by atoms with E-state index in [1.54, 1.807) is 0 Å². The number of nitrogens with one attached hydrogen (secondary N) is 1. The van der Waals surface area contributed by atoms with E-state index in [2.05, 4.69) is 5.32 Å². The van der Waals surface area contributed by atoms with Gasteiger partial charge in [0.25, 0.3) is 0 Å². The van der Waals surface area contributed by atoms with Crippen molar-refractivity contribution in [2.24, 2.45) is 0 Å². The third-order valence-electron chi connectivity index (χ3n) is 5.88. The number of carboxylic acid groups (broad SMARTS) is 1. The SMILES string of the molecule is O=C(CN1CCC(C(=O)O)(c2ccccc2)CC1)Nc1cccc2ccccc12. The first-order valence-corrected chi connectivity index (χ1v) is 9.87. The number of amides is 1. The van der Waals surface area contributed by atoms with Crippen molar-refractivity contribution in [3.63, 3.8) is 0 Å². The fourth-order valence-electron chi connectivity index (χ4n) is 4.20. The Morgan fingerprint density at radius 3 is 2.28 bits per heavy atom. The normalized spacial score (nSPS) is 16.4. The van der Waals surface area contributed by atoms with Crippen LogP contribution >= 0.6 is 0 Å². The lowest BCUT2D eigenvalue weighted by atomic mass is 9.73. The van der Waals surface area contributed by atoms with Gasteiger partial charge in [-0.3, -0.25) is 14.5 Å². The van der Waals surface area contributed by atoms with Gasteiger partial charge < -0.3 is 10.4 Å². The van der Waals surface area contributed by atoms with Crippen molar-refractivity contribution >= 4 is 28.3 Å². The van der Waals surface area contributed by atoms with E-state index in [-0.39, 0.29) is 12.5 Å². The second kappa shape index (κ2) is 8.05. The first-order valence-electron chi connectivity index (χ1n) is 9.87. The summed E-state index contributed by atoms with van der Waals surface area (Å²) in [6.45, 7) is 1.40. The van der Waals surface area contributed by atoms with Crippen LogP contribution in [0.3, 0.4) is 0 Å². The molecular formula is C24H24N2O3. The molecule has 0 radical (unpaired) electrons. The van der Waals surface area contributed by atoms with E-state index >= 15 is 0 Å². The highest BCUT2D eigenvalue weighted by molar-refractivity contribution is 6.02. The Bertz CT molecular complexity index is 1020. The smallest absolute Gasteiger partial charge is 0.314 e. The number of carboxylic acids is 1. The summed E-state index contributed by atoms with van der Waals surface area (Å²) in [7, 11) is 0. The summed E-state index contributed by atoms with van der Waals surface area (Å²) in [6, 6.07) is 23.2. The molecule has 5 nitrogen and oxygen atoms in total. The summed E-state index contributed by atoms with van der Waals surface area (Å²) in [5, 5.41) is 15.0. The van der Waals surface area contributed by atoms with Crippen LogP contribution in [0.2, 0.25) is 0 Å². The van der Waals surface area contributed by atoms with E-state index < -0.39 is 11.4 Å². The van der Waals surface area contributed by atoms with Crippen LogP contribution in [0.1, 0.15) is 18.4 Å². The van der Waals surface area contributed by atoms with Gasteiger partial charge in [0.05, 0.1) is 12.0 Å². The predicted octanol–water partition coefficient (Wildman–Crippen LogP) is 3.90. The van der Waals surface area contributed by atoms with Crippen molar-refractivity contribution in [1.82, 2.24) is 4.90 Å². The van der Waals surface area contributed by atoms with Crippen molar-refractivity contribution < 1.29 is 14.7 Å². The number of hydrogen-bond acceptors (Lipinski definition) is 3. The second-order valence-corrected chi connectivity index (χ2v) is 7.60. The monoisotopic (exact) mass is 388 g/mol. The largest absolute Gasteiger partial charge is 0.481 e. The number of hydrogen-bond donors (Lipinski definition) is 2. The van der Waals surface area contributed by atoms with Gasteiger partial charge >= 0.3 is 5.97 Å². The minimum absolute atomic E-state index is 0.0797. The lowest BCUT2D eigenvalue weighted by Gasteiger charge is -2.39. The van der Waals surface area contributed by atoms with Crippen molar-refractivity contribution in [3.05, 3.63) is 78.4 Å². The fraction of sp³-hybridized carbons (Fsp3) is 0.250. The molecule has 1 fully saturated rings. The Balaban J connectivity index is 1.41. The third-order valence-corrected chi connectivity index (χ3v) is 5.88. The highest BCUT2D eigenvalue weighted by Gasteiger charge is 2.43. The molecule has 29 heavy (non-hydrogen) atoms. The quantitative estimate of drug-likeness (QED) is 0.696. The molecule has 1 heterocycles. The molecule has 0 atom stereocenters. The molecule has 3 aromatic rings. The van der Waals surface area contributed by atoms with Gasteiger partial charge in [0, 0.05) is 24.2 Å². The number of likely N-dealkylation sites (tertiary alicyclic amines) is 1. The van der Waals surface area contributed by atoms with Crippen LogP contribution < -0.4 is 5.32 Å². The Morgan fingerprint density at radius 2 is 1.55 bits per heavy atom. The molecule has 1 amide bonds. The molecule has 0 bridgehead atoms. The lowest BCUT2D eigenvalue weighted by Crippen LogP contribution is -2.49. The molecule has 0 spiro atoms. The number of anilines is 1. The van der Waals surface area contributed by atoms with Gasteiger partial charge in [0.2, 0.25) is 5.91 Å². The number of piperidine rings is 1. The molecule has 0 aromatic heterocycles. The number of aliphatic carboxylic acids is 1. The summed E-state index contributed by atoms with van der Waals surface area (Å²) in [5.74, 6) is -0.868. The third kappa shape index (κ3) is 3.87. The van der Waals surface area contributed by atoms with Crippen molar-refractivity contribution in [2.45, 2.75) is 18.3 Å². The van der Waals surface area contributed by atoms with E-state index in [0.29, 0.717) is 25.9 Å². The van der Waals surface area contributed by atoms with Crippen LogP contribution in [0.15, 0.2) is 72.8 Å². The Hall–Kier alpha value is -3.18. The first-order chi connectivity index (χ1) is 14.1. The molecule has 5 heteroatoms. The summed E-state index contributed by atoms with van der Waals surface area (Å²) in [5.41, 5.74) is 0.769. The number of rotatable bonds is 5. The van der Waals surface area contributed by atoms with E-state index in [1.165, 1.54) is 0 Å². The molecule has 3 aromatic carbocycles. The number of carbonyl (C=O) groups excluding carboxylic acids is 1. The molecule has 1 aliphatic rings. The topological polar surface area (TPSA) is 69.6 Å². The van der Waals surface area contributed by atoms with Crippen LogP contribution in [-0.2, 0) is 15.0 Å². The van der Waals surface area contributed by atoms with Crippen molar-refractivity contribution in [3.8, 4) is 0 Å². The zero-order chi connectivity index (χ0) is 20.3. The van der Waals surface area contributed by atoms with Crippen LogP contribution in [0.25, 0.3) is 10.8 Å². The molecule has 0 unspecified atom stereocenters. The maximum absolute atomic E-state index is 12.6. The van der Waals surface area contributed by atoms with Gasteiger partial charge in [0.15, 0.2) is 0 Å². The van der Waals surface area contributed by atoms with Crippen LogP contribution in [-0.4, -0.2) is 41.5 Å². The van der Waals surface area contributed by atoms with Gasteiger partial charge in [-0.1, -0.05) is 66.7 Å². The van der Waals surface area contributed by atoms with E-state index in [9.17, 15) is 14.7 Å². The average molecular weight is 388 g/mol. The van der Waals surface area contributed by atoms with Crippen LogP contribution in [0.4, 0.5) is 5.69 Å². The van der Waals surface area contributed by atoms with Gasteiger partial charge in [-0.2, -0.15) is 0 Å². The molecule has 4 rings (SSSR count). The zero-order valence-electron chi connectivity index (χ0n) is 16.2. The highest BCUT2D eigenvalue weighted by Crippen LogP contribution is 2.35. The number of nitrogens with zero attached hydrogens (tertiary/aromatic N) is 1. The standard InChI is InChI=1S/C24H24N2O3/c27-22(25-21-12-6-8-18-7-4-5-11-20(18)21)17-26-15-13-24(14-16-26,23(28)29)19-9-2-1-3-10-19/h1-12H,13-17H2,(H,25,27)(H,28,29). The lowest BCUT2D eigenvalue weighted by molar-refractivity contribution is -0.146. The molecule has 0 saturated carbocycles. The molecule has 2 N–H and O–H groups in total. The van der Waals surface area contributed by atoms with Gasteiger partial charge in [-0.05, 0) is 29.9 Å². The van der Waals surface area contributed by atoms with E-state index in [4.69, 9.17) is 0 Å². The summed E-state index contributed by atoms with van der Waals surface area (Å²) < 4.78 is 0. The Labute approximate surface area is 170 Å². The van der Waals surface area contributed by atoms with Crippen molar-refractivity contribution in [1.29, 1.82) is 0 Å². The maximum Gasteiger partial charge on any atom is 0.314 e. The Morgan fingerprint density at radius 1 is 0.897 bits per heavy atom. The van der Waals surface area contributed by atoms with Crippen LogP contribution in [0, 0.1) is 0 Å². The van der Waals surface area contributed by atoms with E-state index in [0.717, 1.165) is 22.0 Å². The highest BCUT2D eigenvalue weighted by atomic mass is 16.4. The second-order valence-electron chi connectivity index (χ2n) is 7.60. The van der Waals surface area contributed by atoms with E-state index in [1.807, 2.05) is 77.7 Å². The van der Waals surface area contributed by atoms with Crippen LogP contribution in [0.5, 0.6) is 0 Å². The number of benzene rings is 3. The average Bonchev–Trinajstić information content (AvgIpc) is 2.75. The van der Waals surface area contributed by atoms with Gasteiger partial charge in [0.1, 0.15) is 0 Å². The van der Waals surface area contributed by atoms with Crippen molar-refractivity contribution in [2.75, 3.05) is 25.0 Å². The molecule has 1 aliphatic heterocycles. The first kappa shape index (κ1) is 19.2. The van der Waals surface area contributed by atoms with Gasteiger partial charge in [-0.25, -0.2) is 0 Å². The summed E-state index contributed by atoms with van der Waals surface area (Å²) in [6.07, 6.45) is 0.988. The predicted molar refractivity (Wildman–Crippen MR) is 114 cm³/mol. The van der Waals surface area contributed by atoms with Gasteiger partial charge in [-0.15, -0.1) is 0 Å². The number of fused-ring (bicyclic) bond motifs is 1. The summed E-state index contributed by atoms with van der Waals surface area (Å²) in [4.78, 5) is 26.7. The Kier molecular flexibility index (Phi) is 5.32. The zero-order valence-corrected chi connectivity index (χ0v) is 16.2. The molecule has 148 valence electrons. The molecular weight excluding hydrogens is 364 g/mol. The maximum atomic E-state index is 12.6. The molecule has 0 aliphatic carbocycles. The fourth-order valence-corrected chi connectivity index (χ4v) is 4.20. The molecule has 1 saturated heterocycles. The minimum Gasteiger partial charge on any atom is -0.481 e. The summed E-state index contributed by atoms with van der Waals surface area (Å²) >= 11 is 0. The number of carbonyl (C=O) groups is 2. The minimum atomic E-state index is -0.871.